The number of hydrogen-bond acceptors (Lipinski definition) is 0. The van der Waals surface area contributed by atoms with Gasteiger partial charge in [-0.1, -0.05) is 143 Å². The predicted molar refractivity (Wildman–Crippen MR) is 113 cm³/mol. The molecule has 0 nitrogen and oxygen atoms in total. The summed E-state index contributed by atoms with van der Waals surface area (Å²) >= 11 is 0. The summed E-state index contributed by atoms with van der Waals surface area (Å²) in [5.74, 6) is 1.78. The van der Waals surface area contributed by atoms with E-state index in [0.717, 1.165) is 11.8 Å². The molecule has 0 N–H and O–H groups in total. The fourth-order valence-corrected chi connectivity index (χ4v) is 3.52. The average molecular weight is 339 g/mol. The number of rotatable bonds is 19. The molecular formula is C24H50. The third-order valence-corrected chi connectivity index (χ3v) is 5.90. The standard InChI is InChI=1S/C24H50/c1-5-6-7-8-9-10-11-12-13-14-15-16-17-18-19-20-21-22-24(4)23(2)3/h23-24H,5-22H2,1-4H3. The maximum absolute atomic E-state index is 2.41. The molecule has 0 rings (SSSR count). The molecule has 0 radical (unpaired) electrons. The molecule has 0 aliphatic rings. The molecule has 0 aromatic rings. The van der Waals surface area contributed by atoms with Crippen molar-refractivity contribution >= 4 is 0 Å². The quantitative estimate of drug-likeness (QED) is 0.206. The van der Waals surface area contributed by atoms with Gasteiger partial charge in [-0.05, 0) is 11.8 Å². The number of unbranched alkanes of at least 4 members (excludes halogenated alkanes) is 16. The van der Waals surface area contributed by atoms with Crippen molar-refractivity contribution in [3.05, 3.63) is 0 Å². The van der Waals surface area contributed by atoms with E-state index in [-0.39, 0.29) is 0 Å². The zero-order valence-electron chi connectivity index (χ0n) is 17.9. The molecule has 0 bridgehead atoms. The van der Waals surface area contributed by atoms with Gasteiger partial charge in [-0.25, -0.2) is 0 Å². The van der Waals surface area contributed by atoms with Gasteiger partial charge in [-0.15, -0.1) is 0 Å². The highest BCUT2D eigenvalue weighted by Crippen LogP contribution is 2.19. The van der Waals surface area contributed by atoms with Crippen molar-refractivity contribution in [3.63, 3.8) is 0 Å². The van der Waals surface area contributed by atoms with Crippen LogP contribution < -0.4 is 0 Å². The zero-order valence-corrected chi connectivity index (χ0v) is 17.9. The molecule has 0 aliphatic heterocycles. The van der Waals surface area contributed by atoms with Gasteiger partial charge in [0.05, 0.1) is 0 Å². The summed E-state index contributed by atoms with van der Waals surface area (Å²) in [6.07, 6.45) is 26.4. The van der Waals surface area contributed by atoms with Crippen LogP contribution in [-0.2, 0) is 0 Å². The summed E-state index contributed by atoms with van der Waals surface area (Å²) in [6.45, 7) is 9.43. The zero-order chi connectivity index (χ0) is 17.9. The fraction of sp³-hybridized carbons (Fsp3) is 1.00. The van der Waals surface area contributed by atoms with Gasteiger partial charge in [0.2, 0.25) is 0 Å². The van der Waals surface area contributed by atoms with E-state index in [1.807, 2.05) is 0 Å². The first-order valence-corrected chi connectivity index (χ1v) is 11.7. The third kappa shape index (κ3) is 18.3. The molecule has 24 heavy (non-hydrogen) atoms. The minimum Gasteiger partial charge on any atom is -0.0654 e. The summed E-state index contributed by atoms with van der Waals surface area (Å²) in [6, 6.07) is 0. The normalized spacial score (nSPS) is 12.9. The van der Waals surface area contributed by atoms with Gasteiger partial charge < -0.3 is 0 Å². The Morgan fingerprint density at radius 1 is 0.417 bits per heavy atom. The average Bonchev–Trinajstić information content (AvgIpc) is 2.57. The molecule has 0 heteroatoms. The molecule has 0 heterocycles. The Morgan fingerprint density at radius 2 is 0.708 bits per heavy atom. The van der Waals surface area contributed by atoms with Crippen LogP contribution in [0.2, 0.25) is 0 Å². The lowest BCUT2D eigenvalue weighted by Gasteiger charge is -2.14. The lowest BCUT2D eigenvalue weighted by molar-refractivity contribution is 0.374. The fourth-order valence-electron chi connectivity index (χ4n) is 3.52. The summed E-state index contributed by atoms with van der Waals surface area (Å²) in [7, 11) is 0. The van der Waals surface area contributed by atoms with Crippen molar-refractivity contribution in [1.29, 1.82) is 0 Å². The van der Waals surface area contributed by atoms with Gasteiger partial charge in [0, 0.05) is 0 Å². The van der Waals surface area contributed by atoms with Crippen molar-refractivity contribution in [2.24, 2.45) is 11.8 Å². The third-order valence-electron chi connectivity index (χ3n) is 5.90. The molecule has 0 saturated heterocycles. The molecular weight excluding hydrogens is 288 g/mol. The van der Waals surface area contributed by atoms with E-state index in [9.17, 15) is 0 Å². The van der Waals surface area contributed by atoms with Crippen LogP contribution in [0, 0.1) is 11.8 Å². The van der Waals surface area contributed by atoms with Gasteiger partial charge in [-0.3, -0.25) is 0 Å². The molecule has 0 aromatic carbocycles. The second-order valence-corrected chi connectivity index (χ2v) is 8.67. The molecule has 0 saturated carbocycles. The van der Waals surface area contributed by atoms with Crippen LogP contribution in [0.25, 0.3) is 0 Å². The molecule has 0 fully saturated rings. The summed E-state index contributed by atoms with van der Waals surface area (Å²) in [5.41, 5.74) is 0. The van der Waals surface area contributed by atoms with Crippen LogP contribution in [-0.4, -0.2) is 0 Å². The van der Waals surface area contributed by atoms with Crippen LogP contribution in [0.5, 0.6) is 0 Å². The van der Waals surface area contributed by atoms with E-state index in [0.29, 0.717) is 0 Å². The minimum absolute atomic E-state index is 0.867. The highest BCUT2D eigenvalue weighted by atomic mass is 14.1. The molecule has 0 aliphatic carbocycles. The van der Waals surface area contributed by atoms with E-state index in [1.165, 1.54) is 116 Å². The second-order valence-electron chi connectivity index (χ2n) is 8.67. The van der Waals surface area contributed by atoms with Crippen molar-refractivity contribution in [2.75, 3.05) is 0 Å². The minimum atomic E-state index is 0.867. The lowest BCUT2D eigenvalue weighted by Crippen LogP contribution is -2.03. The van der Waals surface area contributed by atoms with Crippen molar-refractivity contribution in [1.82, 2.24) is 0 Å². The molecule has 0 spiro atoms. The van der Waals surface area contributed by atoms with Gasteiger partial charge >= 0.3 is 0 Å². The molecule has 1 atom stereocenters. The largest absolute Gasteiger partial charge is 0.0654 e. The Balaban J connectivity index is 3.03. The summed E-state index contributed by atoms with van der Waals surface area (Å²) < 4.78 is 0. The van der Waals surface area contributed by atoms with E-state index in [1.54, 1.807) is 0 Å². The van der Waals surface area contributed by atoms with Crippen LogP contribution in [0.4, 0.5) is 0 Å². The van der Waals surface area contributed by atoms with Gasteiger partial charge in [0.1, 0.15) is 0 Å². The van der Waals surface area contributed by atoms with Crippen molar-refractivity contribution in [3.8, 4) is 0 Å². The molecule has 0 aromatic heterocycles. The predicted octanol–water partition coefficient (Wildman–Crippen LogP) is 9.32. The van der Waals surface area contributed by atoms with E-state index in [2.05, 4.69) is 27.7 Å². The smallest absolute Gasteiger partial charge is 0.0420 e. The first kappa shape index (κ1) is 24.0. The van der Waals surface area contributed by atoms with E-state index in [4.69, 9.17) is 0 Å². The Labute approximate surface area is 155 Å². The Bertz CT molecular complexity index is 218. The highest BCUT2D eigenvalue weighted by molar-refractivity contribution is 4.57. The van der Waals surface area contributed by atoms with Crippen LogP contribution >= 0.6 is 0 Å². The molecule has 0 amide bonds. The maximum Gasteiger partial charge on any atom is -0.0420 e. The first-order valence-electron chi connectivity index (χ1n) is 11.7. The highest BCUT2D eigenvalue weighted by Gasteiger charge is 2.05. The van der Waals surface area contributed by atoms with Gasteiger partial charge in [0.25, 0.3) is 0 Å². The first-order chi connectivity index (χ1) is 11.7. The van der Waals surface area contributed by atoms with Crippen molar-refractivity contribution < 1.29 is 0 Å². The van der Waals surface area contributed by atoms with Crippen LogP contribution in [0.1, 0.15) is 143 Å². The summed E-state index contributed by atoms with van der Waals surface area (Å²) in [4.78, 5) is 0. The van der Waals surface area contributed by atoms with Gasteiger partial charge in [0.15, 0.2) is 0 Å². The topological polar surface area (TPSA) is 0 Å². The Hall–Kier alpha value is 0. The van der Waals surface area contributed by atoms with Gasteiger partial charge in [-0.2, -0.15) is 0 Å². The summed E-state index contributed by atoms with van der Waals surface area (Å²) in [5, 5.41) is 0. The second kappa shape index (κ2) is 19.3. The Kier molecular flexibility index (Phi) is 19.3. The SMILES string of the molecule is CCCCCCCCCCCCCCCCCCCC(C)C(C)C. The molecule has 1 unspecified atom stereocenters. The lowest BCUT2D eigenvalue weighted by atomic mass is 9.92. The van der Waals surface area contributed by atoms with E-state index < -0.39 is 0 Å². The monoisotopic (exact) mass is 338 g/mol. The number of hydrogen-bond donors (Lipinski definition) is 0. The van der Waals surface area contributed by atoms with Crippen molar-refractivity contribution in [2.45, 2.75) is 143 Å². The maximum atomic E-state index is 2.41. The molecule has 146 valence electrons. The van der Waals surface area contributed by atoms with Crippen LogP contribution in [0.15, 0.2) is 0 Å². The van der Waals surface area contributed by atoms with E-state index >= 15 is 0 Å². The van der Waals surface area contributed by atoms with Crippen LogP contribution in [0.3, 0.4) is 0 Å². The Morgan fingerprint density at radius 3 is 1.00 bits per heavy atom.